The molecule has 0 bridgehead atoms. The summed E-state index contributed by atoms with van der Waals surface area (Å²) in [5.74, 6) is 0.781. The highest BCUT2D eigenvalue weighted by Crippen LogP contribution is 2.21. The maximum atomic E-state index is 12.9. The van der Waals surface area contributed by atoms with Crippen molar-refractivity contribution in [3.63, 3.8) is 0 Å². The summed E-state index contributed by atoms with van der Waals surface area (Å²) in [5.41, 5.74) is 0.763. The van der Waals surface area contributed by atoms with Crippen molar-refractivity contribution in [1.82, 2.24) is 15.2 Å². The quantitative estimate of drug-likeness (QED) is 0.766. The molecule has 0 aliphatic heterocycles. The first-order valence-corrected chi connectivity index (χ1v) is 8.32. The Hall–Kier alpha value is -2.21. The van der Waals surface area contributed by atoms with Crippen molar-refractivity contribution in [3.8, 4) is 11.3 Å². The fourth-order valence-electron chi connectivity index (χ4n) is 2.38. The Kier molecular flexibility index (Phi) is 6.93. The molecule has 0 spiro atoms. The van der Waals surface area contributed by atoms with E-state index in [4.69, 9.17) is 4.42 Å². The largest absolute Gasteiger partial charge is 0.441 e. The van der Waals surface area contributed by atoms with Crippen LogP contribution in [0.1, 0.15) is 26.2 Å². The third-order valence-corrected chi connectivity index (χ3v) is 3.89. The van der Waals surface area contributed by atoms with Crippen molar-refractivity contribution in [2.24, 2.45) is 0 Å². The predicted octanol–water partition coefficient (Wildman–Crippen LogP) is 2.87. The molecule has 24 heavy (non-hydrogen) atoms. The second kappa shape index (κ2) is 9.17. The van der Waals surface area contributed by atoms with Crippen LogP contribution in [0, 0.1) is 5.82 Å². The molecule has 1 aromatic heterocycles. The van der Waals surface area contributed by atoms with Crippen LogP contribution in [-0.4, -0.2) is 42.0 Å². The van der Waals surface area contributed by atoms with Crippen molar-refractivity contribution in [3.05, 3.63) is 42.2 Å². The number of nitrogens with zero attached hydrogens (tertiary/aromatic N) is 2. The first-order chi connectivity index (χ1) is 11.6. The number of carbonyl (C=O) groups is 1. The SMILES string of the molecule is CCN(CC)CCNC(=O)CCc1ncc(-c2ccc(F)cc2)o1. The number of amides is 1. The Labute approximate surface area is 141 Å². The van der Waals surface area contributed by atoms with Crippen LogP contribution in [-0.2, 0) is 11.2 Å². The number of nitrogens with one attached hydrogen (secondary N) is 1. The summed E-state index contributed by atoms with van der Waals surface area (Å²) < 4.78 is 18.5. The molecule has 6 heteroatoms. The number of oxazole rings is 1. The number of rotatable bonds is 9. The third kappa shape index (κ3) is 5.45. The minimum atomic E-state index is -0.292. The summed E-state index contributed by atoms with van der Waals surface area (Å²) in [7, 11) is 0. The van der Waals surface area contributed by atoms with E-state index in [0.29, 0.717) is 31.0 Å². The average Bonchev–Trinajstić information content (AvgIpc) is 3.06. The Morgan fingerprint density at radius 2 is 1.96 bits per heavy atom. The van der Waals surface area contributed by atoms with Crippen molar-refractivity contribution in [2.75, 3.05) is 26.2 Å². The van der Waals surface area contributed by atoms with E-state index in [-0.39, 0.29) is 11.7 Å². The summed E-state index contributed by atoms with van der Waals surface area (Å²) in [6.45, 7) is 7.67. The van der Waals surface area contributed by atoms with E-state index in [1.807, 2.05) is 0 Å². The summed E-state index contributed by atoms with van der Waals surface area (Å²) in [6.07, 6.45) is 2.38. The Morgan fingerprint density at radius 3 is 2.62 bits per heavy atom. The van der Waals surface area contributed by atoms with E-state index in [2.05, 4.69) is 29.0 Å². The first-order valence-electron chi connectivity index (χ1n) is 8.32. The smallest absolute Gasteiger partial charge is 0.220 e. The van der Waals surface area contributed by atoms with Crippen LogP contribution in [0.15, 0.2) is 34.9 Å². The van der Waals surface area contributed by atoms with Crippen molar-refractivity contribution < 1.29 is 13.6 Å². The molecule has 0 radical (unpaired) electrons. The second-order valence-corrected chi connectivity index (χ2v) is 5.50. The molecule has 1 amide bonds. The van der Waals surface area contributed by atoms with Crippen molar-refractivity contribution in [1.29, 1.82) is 0 Å². The Balaban J connectivity index is 1.76. The van der Waals surface area contributed by atoms with Gasteiger partial charge in [-0.3, -0.25) is 4.79 Å². The van der Waals surface area contributed by atoms with Crippen LogP contribution in [0.4, 0.5) is 4.39 Å². The minimum Gasteiger partial charge on any atom is -0.441 e. The molecule has 0 fully saturated rings. The zero-order valence-corrected chi connectivity index (χ0v) is 14.2. The number of benzene rings is 1. The van der Waals surface area contributed by atoms with Gasteiger partial charge >= 0.3 is 0 Å². The molecule has 0 atom stereocenters. The van der Waals surface area contributed by atoms with E-state index in [1.165, 1.54) is 12.1 Å². The van der Waals surface area contributed by atoms with Gasteiger partial charge in [0.05, 0.1) is 6.20 Å². The second-order valence-electron chi connectivity index (χ2n) is 5.50. The van der Waals surface area contributed by atoms with Gasteiger partial charge in [0.1, 0.15) is 5.82 Å². The zero-order valence-electron chi connectivity index (χ0n) is 14.2. The summed E-state index contributed by atoms with van der Waals surface area (Å²) in [6, 6.07) is 6.03. The molecule has 5 nitrogen and oxygen atoms in total. The standard InChI is InChI=1S/C18H24FN3O2/c1-3-22(4-2)12-11-20-17(23)9-10-18-21-13-16(24-18)14-5-7-15(19)8-6-14/h5-8,13H,3-4,9-12H2,1-2H3,(H,20,23). The van der Waals surface area contributed by atoms with E-state index < -0.39 is 0 Å². The molecule has 1 aromatic carbocycles. The molecular weight excluding hydrogens is 309 g/mol. The molecule has 1 heterocycles. The van der Waals surface area contributed by atoms with Gasteiger partial charge in [0.25, 0.3) is 0 Å². The molecule has 0 aliphatic rings. The normalized spacial score (nSPS) is 11.0. The van der Waals surface area contributed by atoms with Crippen LogP contribution in [0.5, 0.6) is 0 Å². The minimum absolute atomic E-state index is 0.0105. The molecule has 0 saturated carbocycles. The van der Waals surface area contributed by atoms with Gasteiger partial charge in [0.15, 0.2) is 11.7 Å². The van der Waals surface area contributed by atoms with Crippen LogP contribution in [0.25, 0.3) is 11.3 Å². The number of halogens is 1. The van der Waals surface area contributed by atoms with Crippen molar-refractivity contribution in [2.45, 2.75) is 26.7 Å². The van der Waals surface area contributed by atoms with Gasteiger partial charge in [-0.15, -0.1) is 0 Å². The Bertz CT molecular complexity index is 636. The lowest BCUT2D eigenvalue weighted by atomic mass is 10.2. The number of aromatic nitrogens is 1. The Morgan fingerprint density at radius 1 is 1.25 bits per heavy atom. The van der Waals surface area contributed by atoms with Gasteiger partial charge < -0.3 is 14.6 Å². The molecule has 2 rings (SSSR count). The molecule has 1 N–H and O–H groups in total. The lowest BCUT2D eigenvalue weighted by Gasteiger charge is -2.17. The van der Waals surface area contributed by atoms with Gasteiger partial charge in [-0.2, -0.15) is 0 Å². The predicted molar refractivity (Wildman–Crippen MR) is 91.0 cm³/mol. The van der Waals surface area contributed by atoms with Gasteiger partial charge in [0, 0.05) is 31.5 Å². The first kappa shape index (κ1) is 18.1. The monoisotopic (exact) mass is 333 g/mol. The lowest BCUT2D eigenvalue weighted by Crippen LogP contribution is -2.34. The number of carbonyl (C=O) groups excluding carboxylic acids is 1. The van der Waals surface area contributed by atoms with Crippen LogP contribution in [0.3, 0.4) is 0 Å². The summed E-state index contributed by atoms with van der Waals surface area (Å²) in [4.78, 5) is 18.3. The number of aryl methyl sites for hydroxylation is 1. The van der Waals surface area contributed by atoms with E-state index in [0.717, 1.165) is 25.2 Å². The van der Waals surface area contributed by atoms with Crippen molar-refractivity contribution >= 4 is 5.91 Å². The van der Waals surface area contributed by atoms with Gasteiger partial charge in [-0.25, -0.2) is 9.37 Å². The van der Waals surface area contributed by atoms with Gasteiger partial charge in [-0.05, 0) is 37.4 Å². The molecular formula is C18H24FN3O2. The number of hydrogen-bond donors (Lipinski definition) is 1. The maximum Gasteiger partial charge on any atom is 0.220 e. The molecule has 0 aliphatic carbocycles. The molecule has 130 valence electrons. The molecule has 0 saturated heterocycles. The number of hydrogen-bond acceptors (Lipinski definition) is 4. The summed E-state index contributed by atoms with van der Waals surface area (Å²) >= 11 is 0. The van der Waals surface area contributed by atoms with Crippen LogP contribution >= 0.6 is 0 Å². The van der Waals surface area contributed by atoms with E-state index in [9.17, 15) is 9.18 Å². The highest BCUT2D eigenvalue weighted by Gasteiger charge is 2.09. The fourth-order valence-corrected chi connectivity index (χ4v) is 2.38. The van der Waals surface area contributed by atoms with Crippen LogP contribution in [0.2, 0.25) is 0 Å². The summed E-state index contributed by atoms with van der Waals surface area (Å²) in [5, 5.41) is 2.91. The number of likely N-dealkylation sites (N-methyl/N-ethyl adjacent to an activating group) is 1. The molecule has 2 aromatic rings. The topological polar surface area (TPSA) is 58.4 Å². The molecule has 0 unspecified atom stereocenters. The zero-order chi connectivity index (χ0) is 17.4. The highest BCUT2D eigenvalue weighted by molar-refractivity contribution is 5.76. The average molecular weight is 333 g/mol. The van der Waals surface area contributed by atoms with Gasteiger partial charge in [0.2, 0.25) is 5.91 Å². The maximum absolute atomic E-state index is 12.9. The lowest BCUT2D eigenvalue weighted by molar-refractivity contribution is -0.121. The van der Waals surface area contributed by atoms with E-state index in [1.54, 1.807) is 18.3 Å². The highest BCUT2D eigenvalue weighted by atomic mass is 19.1. The van der Waals surface area contributed by atoms with Gasteiger partial charge in [-0.1, -0.05) is 13.8 Å². The van der Waals surface area contributed by atoms with E-state index >= 15 is 0 Å². The third-order valence-electron chi connectivity index (χ3n) is 3.89. The fraction of sp³-hybridized carbons (Fsp3) is 0.444. The van der Waals surface area contributed by atoms with Crippen LogP contribution < -0.4 is 5.32 Å².